The third-order valence-corrected chi connectivity index (χ3v) is 6.66. The summed E-state index contributed by atoms with van der Waals surface area (Å²) >= 11 is 0. The Morgan fingerprint density at radius 3 is 2.37 bits per heavy atom. The van der Waals surface area contributed by atoms with E-state index in [4.69, 9.17) is 14.0 Å². The van der Waals surface area contributed by atoms with Gasteiger partial charge in [-0.15, -0.1) is 0 Å². The van der Waals surface area contributed by atoms with Gasteiger partial charge in [0.15, 0.2) is 0 Å². The van der Waals surface area contributed by atoms with Crippen LogP contribution in [-0.4, -0.2) is 37.9 Å². The minimum atomic E-state index is -0.390. The van der Waals surface area contributed by atoms with Crippen molar-refractivity contribution in [3.8, 4) is 5.75 Å². The van der Waals surface area contributed by atoms with E-state index in [-0.39, 0.29) is 30.1 Å². The number of benzene rings is 2. The molecule has 2 heterocycles. The van der Waals surface area contributed by atoms with Gasteiger partial charge in [0.05, 0.1) is 18.3 Å². The Balaban J connectivity index is 1.43. The molecule has 1 atom stereocenters. The molecule has 6 heteroatoms. The van der Waals surface area contributed by atoms with Crippen molar-refractivity contribution < 1.29 is 18.8 Å². The second kappa shape index (κ2) is 7.75. The van der Waals surface area contributed by atoms with Crippen molar-refractivity contribution in [2.45, 2.75) is 51.7 Å². The zero-order valence-electron chi connectivity index (χ0n) is 18.5. The molecule has 5 nitrogen and oxygen atoms in total. The third-order valence-electron chi connectivity index (χ3n) is 6.66. The van der Waals surface area contributed by atoms with Gasteiger partial charge in [-0.25, -0.2) is 0 Å². The van der Waals surface area contributed by atoms with E-state index in [0.717, 1.165) is 41.8 Å². The number of hydrogen-bond donors (Lipinski definition) is 0. The van der Waals surface area contributed by atoms with Gasteiger partial charge < -0.3 is 18.9 Å². The zero-order chi connectivity index (χ0) is 21.5. The fourth-order valence-electron chi connectivity index (χ4n) is 4.06. The summed E-state index contributed by atoms with van der Waals surface area (Å²) in [7, 11) is 1.27. The number of hydrogen-bond acceptors (Lipinski definition) is 4. The van der Waals surface area contributed by atoms with Crippen molar-refractivity contribution >= 4 is 24.2 Å². The SMILES string of the molecule is COc1cccc(CC2CCN(c3ccc(B4OC(C)(C)C(C)(C)O4)cc3)C2=O)c1. The molecule has 2 saturated heterocycles. The second-order valence-corrected chi connectivity index (χ2v) is 9.21. The lowest BCUT2D eigenvalue weighted by atomic mass is 9.79. The van der Waals surface area contributed by atoms with E-state index in [0.29, 0.717) is 0 Å². The van der Waals surface area contributed by atoms with Crippen molar-refractivity contribution in [3.05, 3.63) is 54.1 Å². The molecule has 2 aromatic rings. The van der Waals surface area contributed by atoms with Crippen LogP contribution in [0.15, 0.2) is 48.5 Å². The molecule has 0 bridgehead atoms. The van der Waals surface area contributed by atoms with Crippen LogP contribution < -0.4 is 15.1 Å². The monoisotopic (exact) mass is 407 g/mol. The Morgan fingerprint density at radius 2 is 1.73 bits per heavy atom. The predicted molar refractivity (Wildman–Crippen MR) is 119 cm³/mol. The first-order valence-corrected chi connectivity index (χ1v) is 10.6. The van der Waals surface area contributed by atoms with Gasteiger partial charge in [-0.05, 0) is 75.8 Å². The quantitative estimate of drug-likeness (QED) is 0.711. The van der Waals surface area contributed by atoms with Gasteiger partial charge in [0, 0.05) is 18.2 Å². The second-order valence-electron chi connectivity index (χ2n) is 9.21. The average molecular weight is 407 g/mol. The molecule has 0 N–H and O–H groups in total. The summed E-state index contributed by atoms with van der Waals surface area (Å²) in [4.78, 5) is 14.9. The Morgan fingerprint density at radius 1 is 1.07 bits per heavy atom. The summed E-state index contributed by atoms with van der Waals surface area (Å²) in [6, 6.07) is 15.9. The summed E-state index contributed by atoms with van der Waals surface area (Å²) in [6.07, 6.45) is 1.59. The number of rotatable bonds is 5. The zero-order valence-corrected chi connectivity index (χ0v) is 18.5. The standard InChI is InChI=1S/C24H30BNO4/c1-23(2)24(3,4)30-25(29-23)19-9-11-20(12-10-19)26-14-13-18(22(26)27)15-17-7-6-8-21(16-17)28-5/h6-12,16,18H,13-15H2,1-5H3. The van der Waals surface area contributed by atoms with Gasteiger partial charge in [-0.2, -0.15) is 0 Å². The predicted octanol–water partition coefficient (Wildman–Crippen LogP) is 3.59. The van der Waals surface area contributed by atoms with E-state index < -0.39 is 0 Å². The van der Waals surface area contributed by atoms with Crippen LogP contribution in [0.2, 0.25) is 0 Å². The number of nitrogens with zero attached hydrogens (tertiary/aromatic N) is 1. The van der Waals surface area contributed by atoms with Gasteiger partial charge in [0.1, 0.15) is 5.75 Å². The molecule has 30 heavy (non-hydrogen) atoms. The van der Waals surface area contributed by atoms with Gasteiger partial charge in [-0.1, -0.05) is 24.3 Å². The topological polar surface area (TPSA) is 48.0 Å². The maximum absolute atomic E-state index is 13.0. The molecule has 0 radical (unpaired) electrons. The van der Waals surface area contributed by atoms with E-state index in [9.17, 15) is 4.79 Å². The Labute approximate surface area is 179 Å². The molecule has 0 spiro atoms. The van der Waals surface area contributed by atoms with E-state index in [1.54, 1.807) is 7.11 Å². The number of anilines is 1. The third kappa shape index (κ3) is 3.86. The highest BCUT2D eigenvalue weighted by Gasteiger charge is 2.51. The fourth-order valence-corrected chi connectivity index (χ4v) is 4.06. The van der Waals surface area contributed by atoms with Gasteiger partial charge in [0.25, 0.3) is 0 Å². The van der Waals surface area contributed by atoms with E-state index >= 15 is 0 Å². The van der Waals surface area contributed by atoms with Gasteiger partial charge >= 0.3 is 7.12 Å². The van der Waals surface area contributed by atoms with Crippen LogP contribution in [0.4, 0.5) is 5.69 Å². The van der Waals surface area contributed by atoms with Gasteiger partial charge in [0.2, 0.25) is 5.91 Å². The summed E-state index contributed by atoms with van der Waals surface area (Å²) in [6.45, 7) is 8.93. The minimum Gasteiger partial charge on any atom is -0.497 e. The summed E-state index contributed by atoms with van der Waals surface area (Å²) in [5.74, 6) is 1.01. The number of methoxy groups -OCH3 is 1. The first kappa shape index (κ1) is 20.9. The van der Waals surface area contributed by atoms with Crippen LogP contribution in [0.1, 0.15) is 39.7 Å². The molecule has 0 aliphatic carbocycles. The Bertz CT molecular complexity index is 909. The molecule has 4 rings (SSSR count). The van der Waals surface area contributed by atoms with Crippen molar-refractivity contribution in [1.29, 1.82) is 0 Å². The van der Waals surface area contributed by atoms with Crippen molar-refractivity contribution in [3.63, 3.8) is 0 Å². The van der Waals surface area contributed by atoms with Crippen molar-refractivity contribution in [2.75, 3.05) is 18.6 Å². The lowest BCUT2D eigenvalue weighted by Gasteiger charge is -2.32. The van der Waals surface area contributed by atoms with Crippen molar-refractivity contribution in [1.82, 2.24) is 0 Å². The maximum Gasteiger partial charge on any atom is 0.494 e. The van der Waals surface area contributed by atoms with E-state index in [1.807, 2.05) is 75.1 Å². The van der Waals surface area contributed by atoms with E-state index in [2.05, 4.69) is 6.07 Å². The smallest absolute Gasteiger partial charge is 0.494 e. The molecular formula is C24H30BNO4. The van der Waals surface area contributed by atoms with Crippen LogP contribution in [-0.2, 0) is 20.5 Å². The van der Waals surface area contributed by atoms with Gasteiger partial charge in [-0.3, -0.25) is 4.79 Å². The lowest BCUT2D eigenvalue weighted by Crippen LogP contribution is -2.41. The van der Waals surface area contributed by atoms with Crippen LogP contribution >= 0.6 is 0 Å². The molecule has 2 fully saturated rings. The minimum absolute atomic E-state index is 0.000111. The summed E-state index contributed by atoms with van der Waals surface area (Å²) in [5.41, 5.74) is 2.29. The maximum atomic E-state index is 13.0. The number of ether oxygens (including phenoxy) is 1. The normalized spacial score (nSPS) is 22.6. The molecule has 2 aliphatic rings. The highest BCUT2D eigenvalue weighted by atomic mass is 16.7. The van der Waals surface area contributed by atoms with Crippen LogP contribution in [0.3, 0.4) is 0 Å². The number of amides is 1. The van der Waals surface area contributed by atoms with Crippen LogP contribution in [0.5, 0.6) is 5.75 Å². The lowest BCUT2D eigenvalue weighted by molar-refractivity contribution is -0.120. The first-order chi connectivity index (χ1) is 14.2. The first-order valence-electron chi connectivity index (χ1n) is 10.6. The Kier molecular flexibility index (Phi) is 5.41. The molecule has 0 aromatic heterocycles. The molecule has 0 saturated carbocycles. The summed E-state index contributed by atoms with van der Waals surface area (Å²) in [5, 5.41) is 0. The summed E-state index contributed by atoms with van der Waals surface area (Å²) < 4.78 is 17.6. The Hall–Kier alpha value is -2.31. The molecule has 158 valence electrons. The molecule has 2 aromatic carbocycles. The van der Waals surface area contributed by atoms with Crippen LogP contribution in [0.25, 0.3) is 0 Å². The average Bonchev–Trinajstić information content (AvgIpc) is 3.17. The largest absolute Gasteiger partial charge is 0.497 e. The number of carbonyl (C=O) groups is 1. The highest BCUT2D eigenvalue weighted by Crippen LogP contribution is 2.36. The molecule has 1 unspecified atom stereocenters. The highest BCUT2D eigenvalue weighted by molar-refractivity contribution is 6.62. The fraction of sp³-hybridized carbons (Fsp3) is 0.458. The van der Waals surface area contributed by atoms with E-state index in [1.165, 1.54) is 0 Å². The van der Waals surface area contributed by atoms with Crippen molar-refractivity contribution in [2.24, 2.45) is 5.92 Å². The molecule has 2 aliphatic heterocycles. The molecule has 1 amide bonds. The van der Waals surface area contributed by atoms with Crippen LogP contribution in [0, 0.1) is 5.92 Å². The molecular weight excluding hydrogens is 377 g/mol. The number of carbonyl (C=O) groups excluding carboxylic acids is 1.